The van der Waals surface area contributed by atoms with Crippen molar-refractivity contribution in [3.63, 3.8) is 0 Å². The summed E-state index contributed by atoms with van der Waals surface area (Å²) in [5, 5.41) is 0.538. The van der Waals surface area contributed by atoms with Gasteiger partial charge in [-0.15, -0.1) is 0 Å². The summed E-state index contributed by atoms with van der Waals surface area (Å²) >= 11 is 6.18. The minimum absolute atomic E-state index is 0.0123. The lowest BCUT2D eigenvalue weighted by Crippen LogP contribution is -2.62. The molecule has 0 aliphatic carbocycles. The summed E-state index contributed by atoms with van der Waals surface area (Å²) in [6.07, 6.45) is -0.280. The molecule has 4 aromatic carbocycles. The third-order valence-corrected chi connectivity index (χ3v) is 7.94. The molecule has 6 heteroatoms. The molecule has 4 atom stereocenters. The van der Waals surface area contributed by atoms with Gasteiger partial charge in [0.15, 0.2) is 0 Å². The van der Waals surface area contributed by atoms with Crippen LogP contribution < -0.4 is 0 Å². The molecule has 1 fully saturated rings. The number of benzene rings is 4. The van der Waals surface area contributed by atoms with Gasteiger partial charge in [-0.2, -0.15) is 0 Å². The summed E-state index contributed by atoms with van der Waals surface area (Å²) in [5.41, 5.74) is 3.90. The van der Waals surface area contributed by atoms with Crippen molar-refractivity contribution < 1.29 is 18.6 Å². The van der Waals surface area contributed by atoms with Gasteiger partial charge in [0.25, 0.3) is 0 Å². The molecular weight excluding hydrogens is 537 g/mol. The molecule has 41 heavy (non-hydrogen) atoms. The van der Waals surface area contributed by atoms with Crippen molar-refractivity contribution in [1.82, 2.24) is 4.90 Å². The minimum atomic E-state index is -0.295. The third kappa shape index (κ3) is 8.25. The summed E-state index contributed by atoms with van der Waals surface area (Å²) in [6, 6.07) is 35.3. The highest BCUT2D eigenvalue weighted by Gasteiger charge is 2.44. The van der Waals surface area contributed by atoms with Gasteiger partial charge in [0.1, 0.15) is 18.0 Å². The van der Waals surface area contributed by atoms with Crippen LogP contribution in [-0.2, 0) is 40.5 Å². The number of likely N-dealkylation sites (tertiary alicyclic amines) is 1. The second-order valence-electron chi connectivity index (χ2n) is 10.6. The van der Waals surface area contributed by atoms with Crippen molar-refractivity contribution in [1.29, 1.82) is 0 Å². The SMILES string of the molecule is C[C@@H]1[C@@H](OCc2ccccc2)[C@H](OCc2ccccc2)[C@@H](OCc2ccccc2)CN1CCc1cc(Cl)ccc1F. The van der Waals surface area contributed by atoms with Crippen LogP contribution >= 0.6 is 11.6 Å². The molecular formula is C35H37ClFNO3. The van der Waals surface area contributed by atoms with E-state index in [1.807, 2.05) is 54.6 Å². The highest BCUT2D eigenvalue weighted by Crippen LogP contribution is 2.29. The molecule has 0 bridgehead atoms. The van der Waals surface area contributed by atoms with Gasteiger partial charge in [-0.25, -0.2) is 4.39 Å². The number of ether oxygens (including phenoxy) is 3. The predicted octanol–water partition coefficient (Wildman–Crippen LogP) is 7.48. The normalized spacial score (nSPS) is 21.1. The maximum atomic E-state index is 14.6. The van der Waals surface area contributed by atoms with Crippen LogP contribution in [0.15, 0.2) is 109 Å². The predicted molar refractivity (Wildman–Crippen MR) is 161 cm³/mol. The Kier molecular flexibility index (Phi) is 10.6. The van der Waals surface area contributed by atoms with Crippen molar-refractivity contribution in [2.24, 2.45) is 0 Å². The first-order valence-electron chi connectivity index (χ1n) is 14.2. The fraction of sp³-hybridized carbons (Fsp3) is 0.314. The van der Waals surface area contributed by atoms with Crippen LogP contribution in [-0.4, -0.2) is 42.3 Å². The van der Waals surface area contributed by atoms with E-state index in [1.165, 1.54) is 6.07 Å². The summed E-state index contributed by atoms with van der Waals surface area (Å²) in [5.74, 6) is -0.239. The molecule has 5 rings (SSSR count). The average molecular weight is 574 g/mol. The lowest BCUT2D eigenvalue weighted by molar-refractivity contribution is -0.200. The van der Waals surface area contributed by atoms with E-state index in [0.717, 1.165) is 16.7 Å². The molecule has 0 N–H and O–H groups in total. The Labute approximate surface area is 247 Å². The molecule has 0 unspecified atom stereocenters. The first-order chi connectivity index (χ1) is 20.1. The summed E-state index contributed by atoms with van der Waals surface area (Å²) < 4.78 is 34.4. The number of piperidine rings is 1. The van der Waals surface area contributed by atoms with Crippen LogP contribution in [0.25, 0.3) is 0 Å². The van der Waals surface area contributed by atoms with Crippen LogP contribution in [0.5, 0.6) is 0 Å². The van der Waals surface area contributed by atoms with E-state index >= 15 is 0 Å². The Balaban J connectivity index is 1.38. The molecule has 214 valence electrons. The van der Waals surface area contributed by atoms with Crippen LogP contribution in [0.3, 0.4) is 0 Å². The van der Waals surface area contributed by atoms with Gasteiger partial charge in [-0.05, 0) is 53.8 Å². The Morgan fingerprint density at radius 1 is 0.707 bits per heavy atom. The van der Waals surface area contributed by atoms with E-state index in [9.17, 15) is 4.39 Å². The lowest BCUT2D eigenvalue weighted by atomic mass is 9.93. The van der Waals surface area contributed by atoms with Crippen molar-refractivity contribution in [3.8, 4) is 0 Å². The molecule has 0 amide bonds. The van der Waals surface area contributed by atoms with Gasteiger partial charge < -0.3 is 14.2 Å². The second kappa shape index (κ2) is 14.7. The quantitative estimate of drug-likeness (QED) is 0.176. The average Bonchev–Trinajstić information content (AvgIpc) is 3.01. The summed E-state index contributed by atoms with van der Waals surface area (Å²) in [6.45, 7) is 4.83. The topological polar surface area (TPSA) is 30.9 Å². The zero-order valence-electron chi connectivity index (χ0n) is 23.4. The van der Waals surface area contributed by atoms with Gasteiger partial charge >= 0.3 is 0 Å². The van der Waals surface area contributed by atoms with E-state index in [0.29, 0.717) is 49.9 Å². The fourth-order valence-corrected chi connectivity index (χ4v) is 5.58. The Morgan fingerprint density at radius 2 is 1.22 bits per heavy atom. The highest BCUT2D eigenvalue weighted by atomic mass is 35.5. The van der Waals surface area contributed by atoms with Crippen molar-refractivity contribution in [2.75, 3.05) is 13.1 Å². The second-order valence-corrected chi connectivity index (χ2v) is 11.0. The van der Waals surface area contributed by atoms with Crippen molar-refractivity contribution in [3.05, 3.63) is 142 Å². The zero-order valence-corrected chi connectivity index (χ0v) is 24.1. The van der Waals surface area contributed by atoms with Crippen LogP contribution in [0.2, 0.25) is 5.02 Å². The minimum Gasteiger partial charge on any atom is -0.369 e. The van der Waals surface area contributed by atoms with E-state index < -0.39 is 0 Å². The van der Waals surface area contributed by atoms with Gasteiger partial charge in [0.05, 0.1) is 25.9 Å². The Morgan fingerprint density at radius 3 is 1.78 bits per heavy atom. The highest BCUT2D eigenvalue weighted by molar-refractivity contribution is 6.30. The number of nitrogens with zero attached hydrogens (tertiary/aromatic N) is 1. The van der Waals surface area contributed by atoms with Gasteiger partial charge in [-0.3, -0.25) is 4.90 Å². The van der Waals surface area contributed by atoms with Crippen molar-refractivity contribution in [2.45, 2.75) is 57.5 Å². The molecule has 0 radical (unpaired) electrons. The number of hydrogen-bond acceptors (Lipinski definition) is 4. The van der Waals surface area contributed by atoms with E-state index in [-0.39, 0.29) is 30.2 Å². The molecule has 4 aromatic rings. The molecule has 0 spiro atoms. The number of rotatable bonds is 12. The molecule has 0 saturated carbocycles. The van der Waals surface area contributed by atoms with Gasteiger partial charge in [-0.1, -0.05) is 103 Å². The number of halogens is 2. The monoisotopic (exact) mass is 573 g/mol. The van der Waals surface area contributed by atoms with E-state index in [1.54, 1.807) is 12.1 Å². The molecule has 1 aliphatic rings. The molecule has 1 heterocycles. The van der Waals surface area contributed by atoms with E-state index in [2.05, 4.69) is 48.2 Å². The van der Waals surface area contributed by atoms with Crippen LogP contribution in [0.4, 0.5) is 4.39 Å². The first kappa shape index (κ1) is 29.4. The van der Waals surface area contributed by atoms with E-state index in [4.69, 9.17) is 25.8 Å². The maximum absolute atomic E-state index is 14.6. The summed E-state index contributed by atoms with van der Waals surface area (Å²) in [4.78, 5) is 2.33. The Hall–Kier alpha value is -3.06. The Bertz CT molecular complexity index is 1340. The van der Waals surface area contributed by atoms with Crippen LogP contribution in [0, 0.1) is 5.82 Å². The smallest absolute Gasteiger partial charge is 0.126 e. The largest absolute Gasteiger partial charge is 0.369 e. The standard InChI is InChI=1S/C35H37ClFNO3/c1-26-34(40-24-28-13-7-3-8-14-28)35(41-25-29-15-9-4-10-16-29)33(39-23-27-11-5-2-6-12-27)22-38(26)20-19-30-21-31(36)17-18-32(30)37/h2-18,21,26,33-35H,19-20,22-25H2,1H3/t26-,33+,34-,35-/m1/s1. The van der Waals surface area contributed by atoms with Gasteiger partial charge in [0.2, 0.25) is 0 Å². The molecule has 1 saturated heterocycles. The van der Waals surface area contributed by atoms with Crippen LogP contribution in [0.1, 0.15) is 29.2 Å². The summed E-state index contributed by atoms with van der Waals surface area (Å²) in [7, 11) is 0. The molecule has 1 aliphatic heterocycles. The third-order valence-electron chi connectivity index (χ3n) is 7.71. The zero-order chi connectivity index (χ0) is 28.4. The molecule has 0 aromatic heterocycles. The lowest BCUT2D eigenvalue weighted by Gasteiger charge is -2.47. The number of hydrogen-bond donors (Lipinski definition) is 0. The maximum Gasteiger partial charge on any atom is 0.126 e. The molecule has 4 nitrogen and oxygen atoms in total. The fourth-order valence-electron chi connectivity index (χ4n) is 5.38. The first-order valence-corrected chi connectivity index (χ1v) is 14.6. The van der Waals surface area contributed by atoms with Gasteiger partial charge in [0, 0.05) is 24.2 Å². The van der Waals surface area contributed by atoms with Crippen molar-refractivity contribution >= 4 is 11.6 Å².